The van der Waals surface area contributed by atoms with Gasteiger partial charge in [-0.05, 0) is 46.6 Å². The Balaban J connectivity index is 0.00000364. The van der Waals surface area contributed by atoms with Crippen LogP contribution in [0.2, 0.25) is 0 Å². The van der Waals surface area contributed by atoms with Crippen LogP contribution in [0.3, 0.4) is 0 Å². The normalized spacial score (nSPS) is 12.4. The van der Waals surface area contributed by atoms with E-state index in [1.807, 2.05) is 66.7 Å². The van der Waals surface area contributed by atoms with Gasteiger partial charge >= 0.3 is 22.4 Å². The van der Waals surface area contributed by atoms with E-state index in [0.717, 1.165) is 50.7 Å². The van der Waals surface area contributed by atoms with Crippen molar-refractivity contribution >= 4 is 17.1 Å². The molecule has 1 heterocycles. The standard InChI is InChI=1S/C44H31N2O.Au/c1-44(2)38-25-13-12-24-37(38)43-39(44)28-32(41-27-15-26-40(45-41)31-16-6-3-7-17-31)29-42(43)47-36-23-14-22-35(30-36)46(33-18-8-4-9-19-33)34-20-10-5-11-21-34;/h3-16,18-22,24-28,30H,1-2H3;/q-3;+3. The van der Waals surface area contributed by atoms with Crippen LogP contribution in [0.5, 0.6) is 11.5 Å². The van der Waals surface area contributed by atoms with Gasteiger partial charge in [0.15, 0.2) is 0 Å². The second-order valence-corrected chi connectivity index (χ2v) is 12.2. The molecule has 0 N–H and O–H groups in total. The van der Waals surface area contributed by atoms with Gasteiger partial charge in [0.05, 0.1) is 5.75 Å². The van der Waals surface area contributed by atoms with Gasteiger partial charge in [-0.2, -0.15) is 6.07 Å². The van der Waals surface area contributed by atoms with Crippen molar-refractivity contribution < 1.29 is 27.1 Å². The predicted molar refractivity (Wildman–Crippen MR) is 190 cm³/mol. The molecule has 0 bridgehead atoms. The number of anilines is 3. The maximum absolute atomic E-state index is 6.84. The third-order valence-electron chi connectivity index (χ3n) is 8.84. The van der Waals surface area contributed by atoms with E-state index in [2.05, 4.69) is 122 Å². The molecule has 1 aromatic heterocycles. The first kappa shape index (κ1) is 31.4. The van der Waals surface area contributed by atoms with Gasteiger partial charge in [0.1, 0.15) is 0 Å². The van der Waals surface area contributed by atoms with Gasteiger partial charge in [-0.1, -0.05) is 116 Å². The van der Waals surface area contributed by atoms with E-state index in [1.54, 1.807) is 0 Å². The molecule has 4 heteroatoms. The van der Waals surface area contributed by atoms with Gasteiger partial charge in [0, 0.05) is 17.1 Å². The van der Waals surface area contributed by atoms with Crippen LogP contribution in [0.4, 0.5) is 17.1 Å². The maximum atomic E-state index is 6.84. The summed E-state index contributed by atoms with van der Waals surface area (Å²) >= 11 is 0. The molecule has 3 nitrogen and oxygen atoms in total. The third-order valence-corrected chi connectivity index (χ3v) is 8.84. The molecule has 0 fully saturated rings. The molecule has 0 unspecified atom stereocenters. The number of fused-ring (bicyclic) bond motifs is 3. The zero-order valence-corrected chi connectivity index (χ0v) is 28.7. The van der Waals surface area contributed by atoms with Crippen LogP contribution in [0, 0.1) is 18.2 Å². The summed E-state index contributed by atoms with van der Waals surface area (Å²) in [5.41, 5.74) is 11.1. The van der Waals surface area contributed by atoms with Crippen molar-refractivity contribution in [2.75, 3.05) is 4.90 Å². The van der Waals surface area contributed by atoms with Crippen molar-refractivity contribution in [3.05, 3.63) is 181 Å². The second-order valence-electron chi connectivity index (χ2n) is 12.2. The summed E-state index contributed by atoms with van der Waals surface area (Å²) in [7, 11) is 0. The molecule has 0 saturated heterocycles. The minimum Gasteiger partial charge on any atom is -0.502 e. The summed E-state index contributed by atoms with van der Waals surface area (Å²) in [5, 5.41) is 0. The maximum Gasteiger partial charge on any atom is 3.00 e. The van der Waals surface area contributed by atoms with E-state index in [9.17, 15) is 0 Å². The molecule has 1 aliphatic carbocycles. The molecule has 7 aromatic rings. The molecule has 0 radical (unpaired) electrons. The number of para-hydroxylation sites is 2. The monoisotopic (exact) mass is 800 g/mol. The van der Waals surface area contributed by atoms with E-state index in [-0.39, 0.29) is 27.8 Å². The molecule has 0 saturated carbocycles. The SMILES string of the molecule is CC1(C)c2ccccc2-c2c(Oc3[c-]ccc(N(c4ccccc4)c4ccccc4)c3)[c-]c(-c3cccc(-c4[c-]cccc4)n3)cc21.[Au+3]. The topological polar surface area (TPSA) is 25.4 Å². The number of hydrogen-bond acceptors (Lipinski definition) is 3. The Morgan fingerprint density at radius 2 is 1.25 bits per heavy atom. The number of benzene rings is 6. The molecular formula is C44H31AuN2O. The van der Waals surface area contributed by atoms with E-state index in [1.165, 1.54) is 11.1 Å². The smallest absolute Gasteiger partial charge is 0.502 e. The minimum atomic E-state index is -0.234. The third kappa shape index (κ3) is 5.78. The number of hydrogen-bond donors (Lipinski definition) is 0. The Labute approximate surface area is 298 Å². The van der Waals surface area contributed by atoms with E-state index < -0.39 is 0 Å². The Morgan fingerprint density at radius 1 is 0.583 bits per heavy atom. The zero-order chi connectivity index (χ0) is 31.8. The first-order chi connectivity index (χ1) is 23.1. The van der Waals surface area contributed by atoms with E-state index >= 15 is 0 Å². The predicted octanol–water partition coefficient (Wildman–Crippen LogP) is 11.4. The number of rotatable bonds is 7. The van der Waals surface area contributed by atoms with Crippen molar-refractivity contribution in [1.29, 1.82) is 0 Å². The minimum absolute atomic E-state index is 0. The van der Waals surface area contributed by atoms with Crippen molar-refractivity contribution in [2.45, 2.75) is 19.3 Å². The van der Waals surface area contributed by atoms with Crippen molar-refractivity contribution in [1.82, 2.24) is 4.98 Å². The fourth-order valence-electron chi connectivity index (χ4n) is 6.56. The van der Waals surface area contributed by atoms with Gasteiger partial charge in [0.25, 0.3) is 0 Å². The van der Waals surface area contributed by atoms with Crippen LogP contribution in [0.15, 0.2) is 152 Å². The summed E-state index contributed by atoms with van der Waals surface area (Å²) < 4.78 is 6.84. The number of pyridine rings is 1. The van der Waals surface area contributed by atoms with Gasteiger partial charge in [-0.25, -0.2) is 0 Å². The molecule has 1 aliphatic rings. The van der Waals surface area contributed by atoms with Crippen molar-refractivity contribution in [2.24, 2.45) is 0 Å². The molecule has 0 atom stereocenters. The van der Waals surface area contributed by atoms with Crippen LogP contribution < -0.4 is 9.64 Å². The largest absolute Gasteiger partial charge is 3.00 e. The summed E-state index contributed by atoms with van der Waals surface area (Å²) in [6.07, 6.45) is 0. The molecule has 0 aliphatic heterocycles. The number of nitrogens with zero attached hydrogens (tertiary/aromatic N) is 2. The fourth-order valence-corrected chi connectivity index (χ4v) is 6.56. The fraction of sp³-hybridized carbons (Fsp3) is 0.0682. The second kappa shape index (κ2) is 13.1. The number of ether oxygens (including phenoxy) is 1. The summed E-state index contributed by atoms with van der Waals surface area (Å²) in [6.45, 7) is 4.55. The van der Waals surface area contributed by atoms with Crippen molar-refractivity contribution in [3.63, 3.8) is 0 Å². The Kier molecular flexibility index (Phi) is 8.60. The number of aromatic nitrogens is 1. The molecule has 6 aromatic carbocycles. The van der Waals surface area contributed by atoms with Crippen LogP contribution >= 0.6 is 0 Å². The van der Waals surface area contributed by atoms with Gasteiger partial charge in [-0.3, -0.25) is 0 Å². The molecule has 8 rings (SSSR count). The van der Waals surface area contributed by atoms with Crippen molar-refractivity contribution in [3.8, 4) is 45.1 Å². The van der Waals surface area contributed by atoms with Crippen LogP contribution in [0.25, 0.3) is 33.6 Å². The summed E-state index contributed by atoms with van der Waals surface area (Å²) in [6, 6.07) is 61.9. The first-order valence-electron chi connectivity index (χ1n) is 15.8. The summed E-state index contributed by atoms with van der Waals surface area (Å²) in [4.78, 5) is 7.28. The summed E-state index contributed by atoms with van der Waals surface area (Å²) in [5.74, 6) is 1.27. The quantitative estimate of drug-likeness (QED) is 0.119. The molecule has 0 amide bonds. The Hall–Kier alpha value is -5.19. The molecule has 0 spiro atoms. The molecule has 234 valence electrons. The van der Waals surface area contributed by atoms with E-state index in [0.29, 0.717) is 11.5 Å². The average Bonchev–Trinajstić information content (AvgIpc) is 3.36. The zero-order valence-electron chi connectivity index (χ0n) is 26.5. The first-order valence-corrected chi connectivity index (χ1v) is 15.8. The Morgan fingerprint density at radius 3 is 1.96 bits per heavy atom. The molecular weight excluding hydrogens is 769 g/mol. The van der Waals surface area contributed by atoms with E-state index in [4.69, 9.17) is 9.72 Å². The average molecular weight is 801 g/mol. The molecule has 48 heavy (non-hydrogen) atoms. The van der Waals surface area contributed by atoms with Crippen LogP contribution in [-0.2, 0) is 27.8 Å². The van der Waals surface area contributed by atoms with Crippen LogP contribution in [0.1, 0.15) is 25.0 Å². The van der Waals surface area contributed by atoms with Crippen LogP contribution in [-0.4, -0.2) is 4.98 Å². The van der Waals surface area contributed by atoms with Gasteiger partial charge in [0.2, 0.25) is 0 Å². The Bertz CT molecular complexity index is 2160. The van der Waals surface area contributed by atoms with Gasteiger partial charge < -0.3 is 14.6 Å². The van der Waals surface area contributed by atoms with Gasteiger partial charge in [-0.15, -0.1) is 71.3 Å².